The molecule has 1 aliphatic heterocycles. The van der Waals surface area contributed by atoms with Gasteiger partial charge in [0, 0.05) is 18.2 Å². The summed E-state index contributed by atoms with van der Waals surface area (Å²) in [6.45, 7) is 6.40. The maximum atomic E-state index is 11.7. The molecule has 0 radical (unpaired) electrons. The quantitative estimate of drug-likeness (QED) is 0.646. The standard InChI is InChI=1S/C11H21N3O2S/c1-7(2)4-12-10(15)8(3)14-11(16)9-5-17-6-13-9/h7-9,13H,4-6H2,1-3H3,(H,12,15)(H,14,16). The van der Waals surface area contributed by atoms with Gasteiger partial charge in [0.15, 0.2) is 0 Å². The van der Waals surface area contributed by atoms with Gasteiger partial charge in [-0.3, -0.25) is 14.9 Å². The van der Waals surface area contributed by atoms with Crippen molar-refractivity contribution in [3.05, 3.63) is 0 Å². The van der Waals surface area contributed by atoms with Gasteiger partial charge in [-0.1, -0.05) is 13.8 Å². The van der Waals surface area contributed by atoms with Crippen molar-refractivity contribution in [2.75, 3.05) is 18.2 Å². The van der Waals surface area contributed by atoms with Crippen molar-refractivity contribution in [1.29, 1.82) is 0 Å². The fraction of sp³-hybridized carbons (Fsp3) is 0.818. The van der Waals surface area contributed by atoms with Crippen molar-refractivity contribution in [3.63, 3.8) is 0 Å². The monoisotopic (exact) mass is 259 g/mol. The maximum absolute atomic E-state index is 11.7. The Morgan fingerprint density at radius 2 is 2.12 bits per heavy atom. The minimum atomic E-state index is -0.478. The zero-order valence-corrected chi connectivity index (χ0v) is 11.4. The molecular weight excluding hydrogens is 238 g/mol. The highest BCUT2D eigenvalue weighted by Gasteiger charge is 2.25. The largest absolute Gasteiger partial charge is 0.354 e. The van der Waals surface area contributed by atoms with Crippen LogP contribution < -0.4 is 16.0 Å². The summed E-state index contributed by atoms with van der Waals surface area (Å²) in [5.74, 6) is 1.76. The van der Waals surface area contributed by atoms with E-state index >= 15 is 0 Å². The lowest BCUT2D eigenvalue weighted by Crippen LogP contribution is -2.51. The normalized spacial score (nSPS) is 21.3. The first kappa shape index (κ1) is 14.3. The SMILES string of the molecule is CC(C)CNC(=O)C(C)NC(=O)C1CSCN1. The van der Waals surface area contributed by atoms with E-state index in [0.717, 1.165) is 11.6 Å². The first-order valence-electron chi connectivity index (χ1n) is 5.90. The third-order valence-corrected chi connectivity index (χ3v) is 3.41. The summed E-state index contributed by atoms with van der Waals surface area (Å²) in [5.41, 5.74) is 0. The van der Waals surface area contributed by atoms with Crippen molar-refractivity contribution < 1.29 is 9.59 Å². The Hall–Kier alpha value is -0.750. The minimum absolute atomic E-state index is 0.0952. The summed E-state index contributed by atoms with van der Waals surface area (Å²) in [4.78, 5) is 23.4. The van der Waals surface area contributed by atoms with E-state index in [-0.39, 0.29) is 17.9 Å². The zero-order chi connectivity index (χ0) is 12.8. The van der Waals surface area contributed by atoms with Crippen LogP contribution in [0.4, 0.5) is 0 Å². The van der Waals surface area contributed by atoms with Gasteiger partial charge in [-0.15, -0.1) is 11.8 Å². The summed E-state index contributed by atoms with van der Waals surface area (Å²) in [6, 6.07) is -0.644. The van der Waals surface area contributed by atoms with Crippen molar-refractivity contribution in [1.82, 2.24) is 16.0 Å². The van der Waals surface area contributed by atoms with E-state index in [4.69, 9.17) is 0 Å². The van der Waals surface area contributed by atoms with Gasteiger partial charge in [0.2, 0.25) is 11.8 Å². The molecule has 0 aromatic carbocycles. The second-order valence-corrected chi connectivity index (χ2v) is 5.67. The van der Waals surface area contributed by atoms with Crippen molar-refractivity contribution >= 4 is 23.6 Å². The highest BCUT2D eigenvalue weighted by Crippen LogP contribution is 2.09. The number of hydrogen-bond donors (Lipinski definition) is 3. The van der Waals surface area contributed by atoms with Crippen LogP contribution in [0.1, 0.15) is 20.8 Å². The second-order valence-electron chi connectivity index (χ2n) is 4.64. The maximum Gasteiger partial charge on any atom is 0.242 e. The summed E-state index contributed by atoms with van der Waals surface area (Å²) in [7, 11) is 0. The van der Waals surface area contributed by atoms with Crippen LogP contribution in [-0.2, 0) is 9.59 Å². The molecule has 2 atom stereocenters. The Balaban J connectivity index is 2.29. The zero-order valence-electron chi connectivity index (χ0n) is 10.6. The van der Waals surface area contributed by atoms with E-state index in [1.165, 1.54) is 0 Å². The molecule has 5 nitrogen and oxygen atoms in total. The summed E-state index contributed by atoms with van der Waals surface area (Å²) < 4.78 is 0. The molecule has 0 bridgehead atoms. The predicted molar refractivity (Wildman–Crippen MR) is 69.7 cm³/mol. The van der Waals surface area contributed by atoms with Gasteiger partial charge < -0.3 is 10.6 Å². The molecule has 98 valence electrons. The Labute approximate surface area is 106 Å². The lowest BCUT2D eigenvalue weighted by molar-refractivity contribution is -0.129. The number of thioether (sulfide) groups is 1. The van der Waals surface area contributed by atoms with E-state index in [0.29, 0.717) is 12.5 Å². The summed E-state index contributed by atoms with van der Waals surface area (Å²) >= 11 is 1.69. The molecule has 0 aromatic heterocycles. The topological polar surface area (TPSA) is 70.2 Å². The smallest absolute Gasteiger partial charge is 0.242 e. The summed E-state index contributed by atoms with van der Waals surface area (Å²) in [6.07, 6.45) is 0. The molecule has 17 heavy (non-hydrogen) atoms. The van der Waals surface area contributed by atoms with Crippen molar-refractivity contribution in [3.8, 4) is 0 Å². The molecule has 1 saturated heterocycles. The molecule has 0 spiro atoms. The molecular formula is C11H21N3O2S. The average Bonchev–Trinajstić information content (AvgIpc) is 2.78. The third kappa shape index (κ3) is 4.95. The van der Waals surface area contributed by atoms with Crippen LogP contribution in [0.15, 0.2) is 0 Å². The van der Waals surface area contributed by atoms with Gasteiger partial charge in [-0.05, 0) is 12.8 Å². The molecule has 1 aliphatic rings. The third-order valence-electron chi connectivity index (χ3n) is 2.47. The molecule has 0 saturated carbocycles. The molecule has 0 aliphatic carbocycles. The van der Waals surface area contributed by atoms with Crippen LogP contribution in [0.3, 0.4) is 0 Å². The summed E-state index contributed by atoms with van der Waals surface area (Å²) in [5, 5.41) is 8.59. The average molecular weight is 259 g/mol. The number of nitrogens with one attached hydrogen (secondary N) is 3. The van der Waals surface area contributed by atoms with Gasteiger partial charge in [0.25, 0.3) is 0 Å². The Kier molecular flexibility index (Phi) is 5.77. The van der Waals surface area contributed by atoms with Gasteiger partial charge in [-0.2, -0.15) is 0 Å². The first-order chi connectivity index (χ1) is 8.00. The molecule has 1 fully saturated rings. The van der Waals surface area contributed by atoms with Crippen LogP contribution in [0, 0.1) is 5.92 Å². The number of amides is 2. The first-order valence-corrected chi connectivity index (χ1v) is 7.05. The highest BCUT2D eigenvalue weighted by atomic mass is 32.2. The molecule has 1 heterocycles. The van der Waals surface area contributed by atoms with E-state index in [1.807, 2.05) is 13.8 Å². The molecule has 0 aromatic rings. The van der Waals surface area contributed by atoms with Crippen LogP contribution >= 0.6 is 11.8 Å². The molecule has 2 amide bonds. The molecule has 3 N–H and O–H groups in total. The van der Waals surface area contributed by atoms with Crippen LogP contribution in [0.5, 0.6) is 0 Å². The van der Waals surface area contributed by atoms with Crippen LogP contribution in [-0.4, -0.2) is 42.1 Å². The molecule has 6 heteroatoms. The van der Waals surface area contributed by atoms with Crippen molar-refractivity contribution in [2.24, 2.45) is 5.92 Å². The van der Waals surface area contributed by atoms with Gasteiger partial charge in [-0.25, -0.2) is 0 Å². The minimum Gasteiger partial charge on any atom is -0.354 e. The number of carbonyl (C=O) groups is 2. The fourth-order valence-corrected chi connectivity index (χ4v) is 2.34. The van der Waals surface area contributed by atoms with E-state index in [1.54, 1.807) is 18.7 Å². The van der Waals surface area contributed by atoms with Gasteiger partial charge in [0.1, 0.15) is 6.04 Å². The lowest BCUT2D eigenvalue weighted by Gasteiger charge is -2.17. The number of rotatable bonds is 5. The predicted octanol–water partition coefficient (Wildman–Crippen LogP) is -0.0742. The Bertz CT molecular complexity index is 278. The highest BCUT2D eigenvalue weighted by molar-refractivity contribution is 7.99. The van der Waals surface area contributed by atoms with Crippen LogP contribution in [0.25, 0.3) is 0 Å². The van der Waals surface area contributed by atoms with E-state index in [9.17, 15) is 9.59 Å². The molecule has 2 unspecified atom stereocenters. The lowest BCUT2D eigenvalue weighted by atomic mass is 10.2. The van der Waals surface area contributed by atoms with Gasteiger partial charge in [0.05, 0.1) is 6.04 Å². The second kappa shape index (κ2) is 6.86. The fourth-order valence-electron chi connectivity index (χ4n) is 1.40. The van der Waals surface area contributed by atoms with E-state index < -0.39 is 6.04 Å². The van der Waals surface area contributed by atoms with Crippen LogP contribution in [0.2, 0.25) is 0 Å². The Morgan fingerprint density at radius 1 is 1.41 bits per heavy atom. The van der Waals surface area contributed by atoms with Gasteiger partial charge >= 0.3 is 0 Å². The number of carbonyl (C=O) groups excluding carboxylic acids is 2. The van der Waals surface area contributed by atoms with Crippen molar-refractivity contribution in [2.45, 2.75) is 32.9 Å². The molecule has 1 rings (SSSR count). The van der Waals surface area contributed by atoms with E-state index in [2.05, 4.69) is 16.0 Å². The number of hydrogen-bond acceptors (Lipinski definition) is 4. The Morgan fingerprint density at radius 3 is 2.65 bits per heavy atom.